The number of pyridine rings is 1. The van der Waals surface area contributed by atoms with Crippen LogP contribution in [0.2, 0.25) is 0 Å². The Morgan fingerprint density at radius 3 is 2.70 bits per heavy atom. The molecule has 2 aromatic heterocycles. The molecule has 1 saturated carbocycles. The Hall–Kier alpha value is -2.86. The second-order valence-corrected chi connectivity index (χ2v) is 7.40. The van der Waals surface area contributed by atoms with Gasteiger partial charge in [-0.15, -0.1) is 0 Å². The number of aliphatic hydroxyl groups is 1. The van der Waals surface area contributed by atoms with Crippen LogP contribution in [0.15, 0.2) is 35.0 Å². The van der Waals surface area contributed by atoms with E-state index in [9.17, 15) is 5.11 Å². The summed E-state index contributed by atoms with van der Waals surface area (Å²) in [4.78, 5) is 4.71. The van der Waals surface area contributed by atoms with Crippen LogP contribution >= 0.6 is 0 Å². The van der Waals surface area contributed by atoms with Gasteiger partial charge in [-0.2, -0.15) is 0 Å². The lowest BCUT2D eigenvalue weighted by Crippen LogP contribution is -2.20. The molecule has 1 atom stereocenters. The standard InChI is InChI=1S/C21H22N4O2/c1-11-18(12(2)27-25-11)14-9-16(20-17(10-14)23-21(26)24-20)15-7-4-8-22-19(15)13-5-3-6-13/h4,7-10,13,21,23-24,26H,3,5-6H2,1-2H3. The van der Waals surface area contributed by atoms with E-state index < -0.39 is 6.35 Å². The second-order valence-electron chi connectivity index (χ2n) is 7.40. The molecule has 0 radical (unpaired) electrons. The third-order valence-electron chi connectivity index (χ3n) is 5.65. The predicted molar refractivity (Wildman–Crippen MR) is 104 cm³/mol. The molecule has 5 rings (SSSR count). The maximum absolute atomic E-state index is 10.1. The molecule has 6 heteroatoms. The summed E-state index contributed by atoms with van der Waals surface area (Å²) in [6, 6.07) is 8.29. The first-order valence-electron chi connectivity index (χ1n) is 9.39. The molecule has 2 aliphatic rings. The SMILES string of the molecule is Cc1noc(C)c1-c1cc2c(c(-c3cccnc3C3CCC3)c1)NC(O)N2. The highest BCUT2D eigenvalue weighted by atomic mass is 16.5. The number of aliphatic hydroxyl groups excluding tert-OH is 1. The van der Waals surface area contributed by atoms with Crippen molar-refractivity contribution < 1.29 is 9.63 Å². The summed E-state index contributed by atoms with van der Waals surface area (Å²) in [5.74, 6) is 1.30. The number of hydrogen-bond donors (Lipinski definition) is 3. The molecular formula is C21H22N4O2. The summed E-state index contributed by atoms with van der Waals surface area (Å²) < 4.78 is 5.38. The van der Waals surface area contributed by atoms with Crippen molar-refractivity contribution in [3.63, 3.8) is 0 Å². The van der Waals surface area contributed by atoms with E-state index in [0.29, 0.717) is 5.92 Å². The van der Waals surface area contributed by atoms with Gasteiger partial charge in [-0.05, 0) is 50.5 Å². The monoisotopic (exact) mass is 362 g/mol. The van der Waals surface area contributed by atoms with Crippen LogP contribution in [0.1, 0.15) is 42.3 Å². The Balaban J connectivity index is 1.73. The van der Waals surface area contributed by atoms with Crippen molar-refractivity contribution in [2.75, 3.05) is 10.6 Å². The lowest BCUT2D eigenvalue weighted by atomic mass is 9.79. The van der Waals surface area contributed by atoms with E-state index >= 15 is 0 Å². The predicted octanol–water partition coefficient (Wildman–Crippen LogP) is 4.40. The molecule has 6 nitrogen and oxygen atoms in total. The van der Waals surface area contributed by atoms with Gasteiger partial charge in [0.15, 0.2) is 0 Å². The fraction of sp³-hybridized carbons (Fsp3) is 0.333. The fourth-order valence-corrected chi connectivity index (χ4v) is 4.14. The average molecular weight is 362 g/mol. The number of anilines is 2. The maximum Gasteiger partial charge on any atom is 0.202 e. The van der Waals surface area contributed by atoms with Crippen LogP contribution in [-0.4, -0.2) is 21.6 Å². The summed E-state index contributed by atoms with van der Waals surface area (Å²) in [6.07, 6.45) is 4.70. The van der Waals surface area contributed by atoms with Crippen molar-refractivity contribution in [3.8, 4) is 22.3 Å². The van der Waals surface area contributed by atoms with E-state index in [1.54, 1.807) is 0 Å². The Morgan fingerprint density at radius 1 is 1.15 bits per heavy atom. The first-order valence-corrected chi connectivity index (χ1v) is 9.39. The molecule has 0 saturated heterocycles. The van der Waals surface area contributed by atoms with Gasteiger partial charge in [0.1, 0.15) is 5.76 Å². The van der Waals surface area contributed by atoms with Crippen molar-refractivity contribution in [2.45, 2.75) is 45.4 Å². The van der Waals surface area contributed by atoms with Crippen LogP contribution in [0, 0.1) is 13.8 Å². The molecule has 1 fully saturated rings. The number of nitrogens with one attached hydrogen (secondary N) is 2. The van der Waals surface area contributed by atoms with Crippen molar-refractivity contribution >= 4 is 11.4 Å². The molecule has 1 aromatic carbocycles. The fourth-order valence-electron chi connectivity index (χ4n) is 4.14. The van der Waals surface area contributed by atoms with Gasteiger partial charge in [-0.3, -0.25) is 4.98 Å². The maximum atomic E-state index is 10.1. The van der Waals surface area contributed by atoms with Gasteiger partial charge in [-0.1, -0.05) is 17.6 Å². The summed E-state index contributed by atoms with van der Waals surface area (Å²) in [5.41, 5.74) is 7.96. The van der Waals surface area contributed by atoms with Crippen LogP contribution in [0.3, 0.4) is 0 Å². The van der Waals surface area contributed by atoms with Crippen LogP contribution < -0.4 is 10.6 Å². The molecule has 1 aliphatic carbocycles. The minimum Gasteiger partial charge on any atom is -0.361 e. The van der Waals surface area contributed by atoms with E-state index in [-0.39, 0.29) is 0 Å². The number of rotatable bonds is 3. The summed E-state index contributed by atoms with van der Waals surface area (Å²) in [6.45, 7) is 3.87. The number of hydrogen-bond acceptors (Lipinski definition) is 6. The Bertz CT molecular complexity index is 1000. The number of aryl methyl sites for hydroxylation is 2. The van der Waals surface area contributed by atoms with Gasteiger partial charge in [-0.25, -0.2) is 0 Å². The number of fused-ring (bicyclic) bond motifs is 1. The molecule has 0 bridgehead atoms. The van der Waals surface area contributed by atoms with Crippen molar-refractivity contribution in [1.82, 2.24) is 10.1 Å². The molecule has 138 valence electrons. The van der Waals surface area contributed by atoms with Gasteiger partial charge in [0.25, 0.3) is 0 Å². The molecule has 0 amide bonds. The highest BCUT2D eigenvalue weighted by Crippen LogP contribution is 2.46. The molecule has 0 spiro atoms. The topological polar surface area (TPSA) is 83.2 Å². The first kappa shape index (κ1) is 16.3. The third kappa shape index (κ3) is 2.59. The number of benzene rings is 1. The molecule has 3 aromatic rings. The van der Waals surface area contributed by atoms with Gasteiger partial charge in [0.2, 0.25) is 6.35 Å². The minimum absolute atomic E-state index is 0.513. The van der Waals surface area contributed by atoms with E-state index in [4.69, 9.17) is 9.51 Å². The zero-order valence-electron chi connectivity index (χ0n) is 15.4. The summed E-state index contributed by atoms with van der Waals surface area (Å²) >= 11 is 0. The van der Waals surface area contributed by atoms with Crippen LogP contribution in [0.5, 0.6) is 0 Å². The van der Waals surface area contributed by atoms with Crippen LogP contribution in [-0.2, 0) is 0 Å². The van der Waals surface area contributed by atoms with Gasteiger partial charge < -0.3 is 20.3 Å². The summed E-state index contributed by atoms with van der Waals surface area (Å²) in [7, 11) is 0. The normalized spacial score (nSPS) is 18.6. The molecular weight excluding hydrogens is 340 g/mol. The van der Waals surface area contributed by atoms with Crippen molar-refractivity contribution in [2.24, 2.45) is 0 Å². The zero-order chi connectivity index (χ0) is 18.5. The Labute approximate surface area is 157 Å². The van der Waals surface area contributed by atoms with Crippen molar-refractivity contribution in [1.29, 1.82) is 0 Å². The second kappa shape index (κ2) is 6.09. The lowest BCUT2D eigenvalue weighted by molar-refractivity contribution is 0.238. The lowest BCUT2D eigenvalue weighted by Gasteiger charge is -2.27. The van der Waals surface area contributed by atoms with Crippen molar-refractivity contribution in [3.05, 3.63) is 47.6 Å². The van der Waals surface area contributed by atoms with Gasteiger partial charge in [0, 0.05) is 28.8 Å². The third-order valence-corrected chi connectivity index (χ3v) is 5.65. The Kier molecular flexibility index (Phi) is 3.68. The molecule has 3 N–H and O–H groups in total. The van der Waals surface area contributed by atoms with E-state index in [2.05, 4.69) is 27.9 Å². The minimum atomic E-state index is -0.803. The largest absolute Gasteiger partial charge is 0.361 e. The number of aromatic nitrogens is 2. The number of nitrogens with zero attached hydrogens (tertiary/aromatic N) is 2. The van der Waals surface area contributed by atoms with Gasteiger partial charge >= 0.3 is 0 Å². The van der Waals surface area contributed by atoms with Gasteiger partial charge in [0.05, 0.1) is 22.8 Å². The molecule has 1 unspecified atom stereocenters. The Morgan fingerprint density at radius 2 is 2.00 bits per heavy atom. The highest BCUT2D eigenvalue weighted by Gasteiger charge is 2.28. The highest BCUT2D eigenvalue weighted by molar-refractivity contribution is 5.95. The summed E-state index contributed by atoms with van der Waals surface area (Å²) in [5, 5.41) is 20.5. The smallest absolute Gasteiger partial charge is 0.202 e. The first-order chi connectivity index (χ1) is 13.1. The van der Waals surface area contributed by atoms with Crippen LogP contribution in [0.4, 0.5) is 11.4 Å². The quantitative estimate of drug-likeness (QED) is 0.640. The molecule has 3 heterocycles. The average Bonchev–Trinajstić information content (AvgIpc) is 3.14. The van der Waals surface area contributed by atoms with Crippen LogP contribution in [0.25, 0.3) is 22.3 Å². The van der Waals surface area contributed by atoms with E-state index in [0.717, 1.165) is 50.8 Å². The zero-order valence-corrected chi connectivity index (χ0v) is 15.4. The van der Waals surface area contributed by atoms with E-state index in [1.165, 1.54) is 19.3 Å². The molecule has 1 aliphatic heterocycles. The van der Waals surface area contributed by atoms with E-state index in [1.807, 2.05) is 32.2 Å². The molecule has 27 heavy (non-hydrogen) atoms.